The molecule has 2 aliphatic rings. The second kappa shape index (κ2) is 11.2. The van der Waals surface area contributed by atoms with Gasteiger partial charge in [-0.3, -0.25) is 9.59 Å². The Bertz CT molecular complexity index is 1850. The van der Waals surface area contributed by atoms with E-state index in [2.05, 4.69) is 15.6 Å². The molecule has 4 N–H and O–H groups in total. The third kappa shape index (κ3) is 5.72. The molecule has 43 heavy (non-hydrogen) atoms. The van der Waals surface area contributed by atoms with Gasteiger partial charge in [0.15, 0.2) is 9.84 Å². The van der Waals surface area contributed by atoms with E-state index in [1.54, 1.807) is 44.6 Å². The number of fused-ring (bicyclic) bond motifs is 5. The monoisotopic (exact) mass is 599 g/mol. The highest BCUT2D eigenvalue weighted by molar-refractivity contribution is 7.92. The molecule has 2 heterocycles. The number of carbonyl (C=O) groups excluding carboxylic acids is 2. The van der Waals surface area contributed by atoms with Gasteiger partial charge in [-0.2, -0.15) is 0 Å². The summed E-state index contributed by atoms with van der Waals surface area (Å²) in [4.78, 5) is 33.0. The molecule has 1 saturated carbocycles. The zero-order valence-electron chi connectivity index (χ0n) is 24.0. The number of rotatable bonds is 5. The van der Waals surface area contributed by atoms with E-state index >= 15 is 0 Å². The molecular weight excluding hydrogens is 566 g/mol. The Morgan fingerprint density at radius 3 is 2.58 bits per heavy atom. The number of aryl methyl sites for hydroxylation is 1. The van der Waals surface area contributed by atoms with Crippen LogP contribution in [-0.4, -0.2) is 49.5 Å². The molecule has 0 unspecified atom stereocenters. The molecule has 1 atom stereocenters. The van der Waals surface area contributed by atoms with Crippen LogP contribution in [0.5, 0.6) is 5.75 Å². The summed E-state index contributed by atoms with van der Waals surface area (Å²) < 4.78 is 32.2. The number of hydrogen-bond acceptors (Lipinski definition) is 8. The van der Waals surface area contributed by atoms with Gasteiger partial charge in [0.05, 0.1) is 17.3 Å². The maximum absolute atomic E-state index is 14.2. The lowest BCUT2D eigenvalue weighted by Crippen LogP contribution is -2.35. The molecule has 0 radical (unpaired) electrons. The SMILES string of the molecule is COc1ccc2cc1CCC(=O)Nc1ccc(S(=O)(=O)C3CC3)c(c1)CN(C)C(=O)[C@@H]2Nc1ccc2c(N)nccc2c1. The lowest BCUT2D eigenvalue weighted by atomic mass is 9.98. The summed E-state index contributed by atoms with van der Waals surface area (Å²) in [5.74, 6) is 0.568. The topological polar surface area (TPSA) is 144 Å². The molecule has 4 bridgehead atoms. The van der Waals surface area contributed by atoms with Gasteiger partial charge in [-0.05, 0) is 95.9 Å². The number of likely N-dealkylation sites (N-methyl/N-ethyl adjacent to an activating group) is 1. The predicted octanol–water partition coefficient (Wildman–Crippen LogP) is 4.46. The van der Waals surface area contributed by atoms with E-state index in [9.17, 15) is 18.0 Å². The van der Waals surface area contributed by atoms with Crippen LogP contribution < -0.4 is 21.1 Å². The number of ether oxygens (including phenoxy) is 1. The van der Waals surface area contributed by atoms with Crippen LogP contribution in [0.4, 0.5) is 17.2 Å². The van der Waals surface area contributed by atoms with Gasteiger partial charge >= 0.3 is 0 Å². The summed E-state index contributed by atoms with van der Waals surface area (Å²) in [6.07, 6.45) is 3.42. The van der Waals surface area contributed by atoms with Gasteiger partial charge in [-0.15, -0.1) is 0 Å². The second-order valence-corrected chi connectivity index (χ2v) is 13.3. The number of nitrogen functional groups attached to an aromatic ring is 1. The van der Waals surface area contributed by atoms with Gasteiger partial charge in [0.25, 0.3) is 0 Å². The van der Waals surface area contributed by atoms with Crippen LogP contribution in [0.25, 0.3) is 10.8 Å². The highest BCUT2D eigenvalue weighted by atomic mass is 32.2. The molecule has 3 aromatic carbocycles. The fourth-order valence-electron chi connectivity index (χ4n) is 5.56. The Morgan fingerprint density at radius 1 is 1.00 bits per heavy atom. The second-order valence-electron chi connectivity index (χ2n) is 11.1. The van der Waals surface area contributed by atoms with Crippen molar-refractivity contribution in [1.29, 1.82) is 0 Å². The minimum Gasteiger partial charge on any atom is -0.496 e. The van der Waals surface area contributed by atoms with E-state index in [-0.39, 0.29) is 29.7 Å². The van der Waals surface area contributed by atoms with Gasteiger partial charge in [-0.25, -0.2) is 13.4 Å². The molecule has 0 saturated heterocycles. The molecule has 11 heteroatoms. The average Bonchev–Trinajstić information content (AvgIpc) is 3.85. The number of nitrogens with zero attached hydrogens (tertiary/aromatic N) is 2. The van der Waals surface area contributed by atoms with Crippen molar-refractivity contribution in [1.82, 2.24) is 9.88 Å². The van der Waals surface area contributed by atoms with Crippen molar-refractivity contribution in [2.45, 2.75) is 48.4 Å². The first kappa shape index (κ1) is 28.5. The number of carbonyl (C=O) groups is 2. The molecule has 10 nitrogen and oxygen atoms in total. The summed E-state index contributed by atoms with van der Waals surface area (Å²) >= 11 is 0. The number of benzene rings is 3. The Labute approximate surface area is 250 Å². The smallest absolute Gasteiger partial charge is 0.249 e. The number of nitrogens with one attached hydrogen (secondary N) is 2. The largest absolute Gasteiger partial charge is 0.496 e. The molecule has 1 aliphatic carbocycles. The first-order chi connectivity index (χ1) is 20.6. The van der Waals surface area contributed by atoms with Gasteiger partial charge in [-0.1, -0.05) is 6.07 Å². The molecule has 4 aromatic rings. The number of methoxy groups -OCH3 is 1. The third-order valence-electron chi connectivity index (χ3n) is 8.01. The van der Waals surface area contributed by atoms with Crippen LogP contribution in [0.15, 0.2) is 71.8 Å². The number of sulfone groups is 1. The lowest BCUT2D eigenvalue weighted by molar-refractivity contribution is -0.131. The van der Waals surface area contributed by atoms with E-state index in [4.69, 9.17) is 10.5 Å². The molecule has 0 spiro atoms. The Balaban J connectivity index is 1.43. The first-order valence-corrected chi connectivity index (χ1v) is 15.7. The number of aromatic nitrogens is 1. The average molecular weight is 600 g/mol. The predicted molar refractivity (Wildman–Crippen MR) is 166 cm³/mol. The van der Waals surface area contributed by atoms with Crippen molar-refractivity contribution < 1.29 is 22.7 Å². The summed E-state index contributed by atoms with van der Waals surface area (Å²) in [7, 11) is -0.336. The van der Waals surface area contributed by atoms with Crippen LogP contribution in [0.2, 0.25) is 0 Å². The van der Waals surface area contributed by atoms with Crippen LogP contribution in [0, 0.1) is 0 Å². The van der Waals surface area contributed by atoms with E-state index in [1.807, 2.05) is 36.4 Å². The third-order valence-corrected chi connectivity index (χ3v) is 10.4. The van der Waals surface area contributed by atoms with E-state index in [0.717, 1.165) is 16.3 Å². The van der Waals surface area contributed by atoms with Crippen LogP contribution in [0.1, 0.15) is 42.0 Å². The van der Waals surface area contributed by atoms with Crippen molar-refractivity contribution in [2.24, 2.45) is 0 Å². The Morgan fingerprint density at radius 2 is 1.81 bits per heavy atom. The minimum absolute atomic E-state index is 0.0327. The number of amides is 2. The zero-order chi connectivity index (χ0) is 30.3. The fourth-order valence-corrected chi connectivity index (χ4v) is 7.42. The lowest BCUT2D eigenvalue weighted by Gasteiger charge is -2.27. The molecular formula is C32H33N5O5S. The Kier molecular flexibility index (Phi) is 7.43. The molecule has 2 amide bonds. The van der Waals surface area contributed by atoms with E-state index < -0.39 is 21.1 Å². The quantitative estimate of drug-likeness (QED) is 0.305. The number of nitrogens with two attached hydrogens (primary N) is 1. The normalized spacial score (nSPS) is 17.7. The maximum atomic E-state index is 14.2. The van der Waals surface area contributed by atoms with E-state index in [0.29, 0.717) is 53.3 Å². The van der Waals surface area contributed by atoms with Gasteiger partial charge in [0, 0.05) is 43.0 Å². The standard InChI is InChI=1S/C32H33N5O5S/c1-37-18-22-17-23(6-11-28(22)43(40,41)25-7-8-25)35-29(38)12-4-20-15-21(3-10-27(20)42-2)30(32(37)39)36-24-5-9-26-19(16-24)13-14-34-31(26)33/h3,5-6,9-11,13-17,25,30,36H,4,7-8,12,18H2,1-2H3,(H2,33,34)(H,35,38)/t30-/m1/s1. The van der Waals surface area contributed by atoms with Crippen LogP contribution in [0.3, 0.4) is 0 Å². The Hall–Kier alpha value is -4.64. The highest BCUT2D eigenvalue weighted by Gasteiger charge is 2.38. The van der Waals surface area contributed by atoms with Crippen molar-refractivity contribution >= 4 is 49.6 Å². The zero-order valence-corrected chi connectivity index (χ0v) is 24.8. The first-order valence-electron chi connectivity index (χ1n) is 14.1. The molecule has 1 fully saturated rings. The fraction of sp³-hybridized carbons (Fsp3) is 0.281. The summed E-state index contributed by atoms with van der Waals surface area (Å²) in [6, 6.07) is 16.9. The minimum atomic E-state index is -3.56. The molecule has 222 valence electrons. The van der Waals surface area contributed by atoms with Crippen molar-refractivity contribution in [3.63, 3.8) is 0 Å². The number of hydrogen-bond donors (Lipinski definition) is 3. The number of pyridine rings is 1. The summed E-state index contributed by atoms with van der Waals surface area (Å²) in [6.45, 7) is 0.0327. The molecule has 1 aromatic heterocycles. The highest BCUT2D eigenvalue weighted by Crippen LogP contribution is 2.37. The van der Waals surface area contributed by atoms with Crippen molar-refractivity contribution in [2.75, 3.05) is 30.5 Å². The van der Waals surface area contributed by atoms with Gasteiger partial charge < -0.3 is 26.0 Å². The van der Waals surface area contributed by atoms with Crippen LogP contribution >= 0.6 is 0 Å². The van der Waals surface area contributed by atoms with Crippen LogP contribution in [-0.2, 0) is 32.4 Å². The van der Waals surface area contributed by atoms with Gasteiger partial charge in [0.2, 0.25) is 11.8 Å². The van der Waals surface area contributed by atoms with Crippen molar-refractivity contribution in [3.05, 3.63) is 83.6 Å². The van der Waals surface area contributed by atoms with Crippen molar-refractivity contribution in [3.8, 4) is 5.75 Å². The van der Waals surface area contributed by atoms with E-state index in [1.165, 1.54) is 4.90 Å². The summed E-state index contributed by atoms with van der Waals surface area (Å²) in [5.41, 5.74) is 9.15. The van der Waals surface area contributed by atoms with Gasteiger partial charge in [0.1, 0.15) is 17.6 Å². The molecule has 1 aliphatic heterocycles. The molecule has 6 rings (SSSR count). The summed E-state index contributed by atoms with van der Waals surface area (Å²) in [5, 5.41) is 7.54. The number of anilines is 3. The maximum Gasteiger partial charge on any atom is 0.249 e.